The number of β-lactam (4-membered cyclic amide) rings is 1. The van der Waals surface area contributed by atoms with E-state index in [0.717, 1.165) is 11.0 Å². The lowest BCUT2D eigenvalue weighted by Gasteiger charge is -2.47. The molecular weight excluding hydrogens is 508 g/mol. The number of aryl methyl sites for hydroxylation is 1. The van der Waals surface area contributed by atoms with Crippen LogP contribution < -0.4 is 10.6 Å². The van der Waals surface area contributed by atoms with E-state index in [1.165, 1.54) is 46.9 Å². The molecule has 1 aliphatic heterocycles. The molecular formula is C27H31F2N7O3. The minimum atomic E-state index is -1.13. The Bertz CT molecular complexity index is 1430. The number of urea groups is 1. The molecule has 10 nitrogen and oxygen atoms in total. The number of nitrogens with two attached hydrogens (primary N) is 1. The van der Waals surface area contributed by atoms with Crippen molar-refractivity contribution in [2.75, 3.05) is 24.7 Å². The normalized spacial score (nSPS) is 17.5. The fourth-order valence-electron chi connectivity index (χ4n) is 5.07. The summed E-state index contributed by atoms with van der Waals surface area (Å²) in [6, 6.07) is 4.71. The summed E-state index contributed by atoms with van der Waals surface area (Å²) in [4.78, 5) is 48.4. The van der Waals surface area contributed by atoms with E-state index >= 15 is 0 Å². The highest BCUT2D eigenvalue weighted by atomic mass is 19.1. The number of likely N-dealkylation sites (N-methyl/N-ethyl adjacent to an activating group) is 1. The number of rotatable bonds is 7. The van der Waals surface area contributed by atoms with E-state index in [2.05, 4.69) is 10.1 Å². The number of hydrogen-bond donors (Lipinski definition) is 1. The van der Waals surface area contributed by atoms with Crippen LogP contribution in [0.3, 0.4) is 0 Å². The van der Waals surface area contributed by atoms with Gasteiger partial charge in [0.1, 0.15) is 29.3 Å². The van der Waals surface area contributed by atoms with Gasteiger partial charge in [-0.25, -0.2) is 18.6 Å². The van der Waals surface area contributed by atoms with Gasteiger partial charge in [0, 0.05) is 44.5 Å². The van der Waals surface area contributed by atoms with Gasteiger partial charge in [-0.1, -0.05) is 13.0 Å². The molecule has 1 aliphatic rings. The van der Waals surface area contributed by atoms with Crippen molar-refractivity contribution < 1.29 is 23.2 Å². The smallest absolute Gasteiger partial charge is 0.327 e. The van der Waals surface area contributed by atoms with Crippen molar-refractivity contribution in [3.05, 3.63) is 71.1 Å². The molecule has 0 aliphatic carbocycles. The van der Waals surface area contributed by atoms with E-state index in [0.29, 0.717) is 17.8 Å². The molecule has 1 fully saturated rings. The lowest BCUT2D eigenvalue weighted by Crippen LogP contribution is -2.70. The zero-order valence-electron chi connectivity index (χ0n) is 22.4. The number of carbonyl (C=O) groups is 3. The summed E-state index contributed by atoms with van der Waals surface area (Å²) in [5.74, 6) is -2.56. The Hall–Kier alpha value is -4.35. The van der Waals surface area contributed by atoms with Gasteiger partial charge in [0.25, 0.3) is 5.91 Å². The number of hydrogen-bond acceptors (Lipinski definition) is 6. The molecule has 3 atom stereocenters. The number of amides is 4. The molecule has 0 radical (unpaired) electrons. The van der Waals surface area contributed by atoms with E-state index in [9.17, 15) is 23.2 Å². The van der Waals surface area contributed by atoms with Gasteiger partial charge in [-0.05, 0) is 43.5 Å². The Morgan fingerprint density at radius 1 is 1.15 bits per heavy atom. The molecule has 39 heavy (non-hydrogen) atoms. The average Bonchev–Trinajstić information content (AvgIpc) is 3.34. The van der Waals surface area contributed by atoms with Crippen LogP contribution in [0.1, 0.15) is 36.1 Å². The lowest BCUT2D eigenvalue weighted by atomic mass is 9.81. The largest absolute Gasteiger partial charge is 0.384 e. The first kappa shape index (κ1) is 27.7. The Morgan fingerprint density at radius 2 is 1.87 bits per heavy atom. The van der Waals surface area contributed by atoms with Gasteiger partial charge < -0.3 is 10.6 Å². The second-order valence-electron chi connectivity index (χ2n) is 9.66. The number of anilines is 2. The molecule has 0 unspecified atom stereocenters. The van der Waals surface area contributed by atoms with E-state index in [-0.39, 0.29) is 23.4 Å². The molecule has 0 spiro atoms. The SMILES string of the molecule is CC[C@H](c1ccc(F)c(C)c1F)N(C)C(=O)N1C(=O)[C@H](Cc2ccnc(N)c2)[C@H]1C(=O)N(C)c1ccnn1C. The quantitative estimate of drug-likeness (QED) is 0.461. The summed E-state index contributed by atoms with van der Waals surface area (Å²) in [6.45, 7) is 3.07. The van der Waals surface area contributed by atoms with E-state index in [1.54, 1.807) is 39.2 Å². The first-order chi connectivity index (χ1) is 18.5. The third-order valence-electron chi connectivity index (χ3n) is 7.31. The predicted octanol–water partition coefficient (Wildman–Crippen LogP) is 3.22. The number of benzene rings is 1. The van der Waals surface area contributed by atoms with Gasteiger partial charge in [0.2, 0.25) is 5.91 Å². The van der Waals surface area contributed by atoms with Crippen molar-refractivity contribution in [3.8, 4) is 0 Å². The lowest BCUT2D eigenvalue weighted by molar-refractivity contribution is -0.157. The van der Waals surface area contributed by atoms with Gasteiger partial charge in [0.15, 0.2) is 0 Å². The van der Waals surface area contributed by atoms with Crippen molar-refractivity contribution in [2.24, 2.45) is 13.0 Å². The topological polar surface area (TPSA) is 118 Å². The Kier molecular flexibility index (Phi) is 7.66. The molecule has 3 heterocycles. The van der Waals surface area contributed by atoms with E-state index in [4.69, 9.17) is 5.73 Å². The molecule has 4 rings (SSSR count). The zero-order chi connectivity index (χ0) is 28.6. The summed E-state index contributed by atoms with van der Waals surface area (Å²) >= 11 is 0. The maximum Gasteiger partial charge on any atom is 0.327 e. The number of nitrogens with zero attached hydrogens (tertiary/aromatic N) is 6. The summed E-state index contributed by atoms with van der Waals surface area (Å²) in [5, 5.41) is 4.09. The number of imide groups is 1. The van der Waals surface area contributed by atoms with Crippen LogP contribution in [0.25, 0.3) is 0 Å². The number of nitrogen functional groups attached to an aromatic ring is 1. The first-order valence-corrected chi connectivity index (χ1v) is 12.5. The van der Waals surface area contributed by atoms with Crippen LogP contribution in [-0.2, 0) is 23.1 Å². The van der Waals surface area contributed by atoms with Gasteiger partial charge >= 0.3 is 6.03 Å². The van der Waals surface area contributed by atoms with Crippen LogP contribution in [0.5, 0.6) is 0 Å². The number of aromatic nitrogens is 3. The van der Waals surface area contributed by atoms with Crippen molar-refractivity contribution in [3.63, 3.8) is 0 Å². The van der Waals surface area contributed by atoms with Crippen LogP contribution in [0, 0.1) is 24.5 Å². The molecule has 3 aromatic rings. The third kappa shape index (κ3) is 4.93. The monoisotopic (exact) mass is 539 g/mol. The third-order valence-corrected chi connectivity index (χ3v) is 7.31. The molecule has 12 heteroatoms. The molecule has 1 saturated heterocycles. The number of halogens is 2. The van der Waals surface area contributed by atoms with Gasteiger partial charge in [0.05, 0.1) is 18.2 Å². The van der Waals surface area contributed by atoms with Crippen molar-refractivity contribution in [1.29, 1.82) is 0 Å². The van der Waals surface area contributed by atoms with E-state index in [1.807, 2.05) is 0 Å². The maximum absolute atomic E-state index is 15.0. The Labute approximate surface area is 225 Å². The average molecular weight is 540 g/mol. The van der Waals surface area contributed by atoms with Crippen LogP contribution in [0.2, 0.25) is 0 Å². The second kappa shape index (κ2) is 10.8. The van der Waals surface area contributed by atoms with Crippen molar-refractivity contribution >= 4 is 29.5 Å². The molecule has 206 valence electrons. The van der Waals surface area contributed by atoms with Crippen molar-refractivity contribution in [1.82, 2.24) is 24.6 Å². The summed E-state index contributed by atoms with van der Waals surface area (Å²) < 4.78 is 30.4. The summed E-state index contributed by atoms with van der Waals surface area (Å²) in [6.07, 6.45) is 3.50. The summed E-state index contributed by atoms with van der Waals surface area (Å²) in [7, 11) is 4.65. The fourth-order valence-corrected chi connectivity index (χ4v) is 5.07. The highest BCUT2D eigenvalue weighted by molar-refractivity contribution is 6.12. The molecule has 2 aromatic heterocycles. The fraction of sp³-hybridized carbons (Fsp3) is 0.370. The van der Waals surface area contributed by atoms with Crippen LogP contribution in [0.15, 0.2) is 42.7 Å². The number of carbonyl (C=O) groups excluding carboxylic acids is 3. The molecule has 4 amide bonds. The number of pyridine rings is 1. The first-order valence-electron chi connectivity index (χ1n) is 12.5. The molecule has 0 saturated carbocycles. The van der Waals surface area contributed by atoms with Crippen LogP contribution >= 0.6 is 0 Å². The molecule has 0 bridgehead atoms. The molecule has 2 N–H and O–H groups in total. The van der Waals surface area contributed by atoms with Gasteiger partial charge in [-0.15, -0.1) is 0 Å². The zero-order valence-corrected chi connectivity index (χ0v) is 22.4. The van der Waals surface area contributed by atoms with Gasteiger partial charge in [-0.3, -0.25) is 24.1 Å². The minimum Gasteiger partial charge on any atom is -0.384 e. The minimum absolute atomic E-state index is 0.124. The highest BCUT2D eigenvalue weighted by Gasteiger charge is 2.56. The second-order valence-corrected chi connectivity index (χ2v) is 9.66. The predicted molar refractivity (Wildman–Crippen MR) is 140 cm³/mol. The maximum atomic E-state index is 15.0. The van der Waals surface area contributed by atoms with Crippen molar-refractivity contribution in [2.45, 2.75) is 38.8 Å². The Balaban J connectivity index is 1.67. The standard InChI is InChI=1S/C27H31F2N7O3/c1-6-20(17-7-8-19(28)15(2)23(17)29)33(3)27(39)36-24(26(38)34(4)22-10-12-32-35(22)5)18(25(36)37)13-16-9-11-31-21(30)14-16/h7-12,14,18,20,24H,6,13H2,1-5H3,(H2,30,31)/t18-,20-,24+/m1/s1. The highest BCUT2D eigenvalue weighted by Crippen LogP contribution is 2.36. The Morgan fingerprint density at radius 3 is 2.49 bits per heavy atom. The van der Waals surface area contributed by atoms with Crippen LogP contribution in [-0.4, -0.2) is 62.5 Å². The van der Waals surface area contributed by atoms with E-state index < -0.39 is 47.5 Å². The van der Waals surface area contributed by atoms with Gasteiger partial charge in [-0.2, -0.15) is 5.10 Å². The molecule has 1 aromatic carbocycles. The number of likely N-dealkylation sites (tertiary alicyclic amines) is 1. The van der Waals surface area contributed by atoms with Crippen LogP contribution in [0.4, 0.5) is 25.2 Å². The summed E-state index contributed by atoms with van der Waals surface area (Å²) in [5.41, 5.74) is 6.46.